The summed E-state index contributed by atoms with van der Waals surface area (Å²) in [5.41, 5.74) is 0.670. The number of piperidine rings is 3. The fraction of sp³-hybridized carbons (Fsp3) is 0.500. The van der Waals surface area contributed by atoms with Crippen molar-refractivity contribution >= 4 is 34.5 Å². The Labute approximate surface area is 127 Å². The Hall–Kier alpha value is -0.520. The Morgan fingerprint density at radius 2 is 2.11 bits per heavy atom. The van der Waals surface area contributed by atoms with Gasteiger partial charge in [-0.2, -0.15) is 0 Å². The second-order valence-electron chi connectivity index (χ2n) is 5.38. The topological polar surface area (TPSA) is 32.3 Å². The number of halogens is 1. The van der Waals surface area contributed by atoms with Crippen LogP contribution in [0.25, 0.3) is 0 Å². The van der Waals surface area contributed by atoms with Crippen molar-refractivity contribution in [3.05, 3.63) is 28.2 Å². The first-order valence-electron chi connectivity index (χ1n) is 6.65. The van der Waals surface area contributed by atoms with Gasteiger partial charge in [0, 0.05) is 22.0 Å². The van der Waals surface area contributed by atoms with Gasteiger partial charge in [0.1, 0.15) is 0 Å². The molecule has 3 saturated heterocycles. The Kier molecular flexibility index (Phi) is 3.87. The molecule has 3 aliphatic rings. The fourth-order valence-electron chi connectivity index (χ4n) is 3.06. The lowest BCUT2D eigenvalue weighted by molar-refractivity contribution is 0.0620. The zero-order valence-corrected chi connectivity index (χ0v) is 13.1. The normalized spacial score (nSPS) is 29.3. The van der Waals surface area contributed by atoms with Crippen LogP contribution in [0.3, 0.4) is 0 Å². The molecule has 2 bridgehead atoms. The predicted molar refractivity (Wildman–Crippen MR) is 81.8 cm³/mol. The third kappa shape index (κ3) is 2.83. The third-order valence-electron chi connectivity index (χ3n) is 4.17. The number of rotatable bonds is 2. The lowest BCUT2D eigenvalue weighted by atomic mass is 9.84. The zero-order chi connectivity index (χ0) is 13.4. The Morgan fingerprint density at radius 1 is 1.37 bits per heavy atom. The van der Waals surface area contributed by atoms with Gasteiger partial charge in [-0.15, -0.1) is 12.6 Å². The van der Waals surface area contributed by atoms with E-state index in [0.29, 0.717) is 17.5 Å². The monoisotopic (exact) mass is 340 g/mol. The van der Waals surface area contributed by atoms with Gasteiger partial charge >= 0.3 is 0 Å². The van der Waals surface area contributed by atoms with Crippen LogP contribution in [0.4, 0.5) is 0 Å². The van der Waals surface area contributed by atoms with Crippen LogP contribution in [0.5, 0.6) is 0 Å². The van der Waals surface area contributed by atoms with Gasteiger partial charge in [-0.05, 0) is 66.0 Å². The van der Waals surface area contributed by atoms with E-state index in [1.807, 2.05) is 18.2 Å². The number of carbonyl (C=O) groups excluding carboxylic acids is 1. The highest BCUT2D eigenvalue weighted by atomic mass is 79.9. The van der Waals surface area contributed by atoms with E-state index in [-0.39, 0.29) is 5.91 Å². The van der Waals surface area contributed by atoms with Gasteiger partial charge in [0.2, 0.25) is 0 Å². The van der Waals surface area contributed by atoms with E-state index in [0.717, 1.165) is 15.9 Å². The first-order valence-corrected chi connectivity index (χ1v) is 7.89. The molecule has 19 heavy (non-hydrogen) atoms. The van der Waals surface area contributed by atoms with Crippen LogP contribution < -0.4 is 5.32 Å². The first kappa shape index (κ1) is 13.5. The summed E-state index contributed by atoms with van der Waals surface area (Å²) < 4.78 is 0.823. The van der Waals surface area contributed by atoms with Gasteiger partial charge in [-0.25, -0.2) is 0 Å². The molecule has 1 N–H and O–H groups in total. The summed E-state index contributed by atoms with van der Waals surface area (Å²) in [6.07, 6.45) is 2.41. The van der Waals surface area contributed by atoms with E-state index < -0.39 is 0 Å². The first-order chi connectivity index (χ1) is 9.13. The fourth-order valence-corrected chi connectivity index (χ4v) is 3.69. The van der Waals surface area contributed by atoms with Crippen LogP contribution in [-0.4, -0.2) is 36.5 Å². The number of carbonyl (C=O) groups is 1. The van der Waals surface area contributed by atoms with Crippen LogP contribution in [-0.2, 0) is 0 Å². The van der Waals surface area contributed by atoms with Crippen LogP contribution in [0, 0.1) is 5.92 Å². The molecule has 1 aromatic carbocycles. The Balaban J connectivity index is 1.73. The summed E-state index contributed by atoms with van der Waals surface area (Å²) >= 11 is 7.73. The van der Waals surface area contributed by atoms with Crippen molar-refractivity contribution in [2.24, 2.45) is 5.92 Å². The molecule has 1 atom stereocenters. The maximum absolute atomic E-state index is 12.4. The smallest absolute Gasteiger partial charge is 0.252 e. The van der Waals surface area contributed by atoms with Gasteiger partial charge in [0.25, 0.3) is 5.91 Å². The highest BCUT2D eigenvalue weighted by Gasteiger charge is 2.35. The number of hydrogen-bond acceptors (Lipinski definition) is 3. The van der Waals surface area contributed by atoms with E-state index in [9.17, 15) is 4.79 Å². The maximum atomic E-state index is 12.4. The number of nitrogens with one attached hydrogen (secondary N) is 1. The van der Waals surface area contributed by atoms with Crippen molar-refractivity contribution in [1.29, 1.82) is 0 Å². The molecule has 3 fully saturated rings. The third-order valence-corrected chi connectivity index (χ3v) is 5.14. The van der Waals surface area contributed by atoms with Gasteiger partial charge in [-0.3, -0.25) is 4.79 Å². The molecule has 0 saturated carbocycles. The van der Waals surface area contributed by atoms with Crippen LogP contribution in [0.1, 0.15) is 23.2 Å². The summed E-state index contributed by atoms with van der Waals surface area (Å²) in [5, 5.41) is 3.19. The largest absolute Gasteiger partial charge is 0.348 e. The van der Waals surface area contributed by atoms with Crippen molar-refractivity contribution in [2.75, 3.05) is 19.6 Å². The number of hydrogen-bond donors (Lipinski definition) is 2. The SMILES string of the molecule is O=C(NC1CN2CCC1CC2)c1cc(S)ccc1Br. The predicted octanol–water partition coefficient (Wildman–Crippen LogP) is 2.56. The van der Waals surface area contributed by atoms with E-state index in [2.05, 4.69) is 38.8 Å². The molecule has 1 unspecified atom stereocenters. The molecule has 4 rings (SSSR count). The van der Waals surface area contributed by atoms with Crippen molar-refractivity contribution in [2.45, 2.75) is 23.8 Å². The highest BCUT2D eigenvalue weighted by Crippen LogP contribution is 2.28. The standard InChI is InChI=1S/C14H17BrN2OS/c15-12-2-1-10(19)7-11(12)14(18)16-13-8-17-5-3-9(13)4-6-17/h1-2,7,9,13,19H,3-6,8H2,(H,16,18). The number of benzene rings is 1. The van der Waals surface area contributed by atoms with Gasteiger partial charge in [0.05, 0.1) is 5.56 Å². The van der Waals surface area contributed by atoms with Crippen molar-refractivity contribution in [3.8, 4) is 0 Å². The van der Waals surface area contributed by atoms with Gasteiger partial charge in [0.15, 0.2) is 0 Å². The van der Waals surface area contributed by atoms with E-state index in [4.69, 9.17) is 0 Å². The van der Waals surface area contributed by atoms with Crippen LogP contribution in [0.15, 0.2) is 27.6 Å². The molecule has 3 nitrogen and oxygen atoms in total. The van der Waals surface area contributed by atoms with Gasteiger partial charge in [-0.1, -0.05) is 0 Å². The molecule has 0 radical (unpaired) electrons. The molecular weight excluding hydrogens is 324 g/mol. The summed E-state index contributed by atoms with van der Waals surface area (Å²) in [6.45, 7) is 3.37. The minimum atomic E-state index is 0.00141. The van der Waals surface area contributed by atoms with E-state index in [1.54, 1.807) is 0 Å². The van der Waals surface area contributed by atoms with Crippen molar-refractivity contribution < 1.29 is 4.79 Å². The molecule has 0 aliphatic carbocycles. The summed E-state index contributed by atoms with van der Waals surface area (Å²) in [5.74, 6) is 0.647. The lowest BCUT2D eigenvalue weighted by Gasteiger charge is -2.44. The molecular formula is C14H17BrN2OS. The van der Waals surface area contributed by atoms with Crippen molar-refractivity contribution in [3.63, 3.8) is 0 Å². The Morgan fingerprint density at radius 3 is 2.74 bits per heavy atom. The minimum absolute atomic E-state index is 0.00141. The molecule has 0 spiro atoms. The average Bonchev–Trinajstić information content (AvgIpc) is 2.43. The summed E-state index contributed by atoms with van der Waals surface area (Å²) in [7, 11) is 0. The number of amides is 1. The quantitative estimate of drug-likeness (QED) is 0.811. The van der Waals surface area contributed by atoms with E-state index >= 15 is 0 Å². The summed E-state index contributed by atoms with van der Waals surface area (Å²) in [4.78, 5) is 15.6. The second kappa shape index (κ2) is 5.46. The average molecular weight is 341 g/mol. The molecule has 1 amide bonds. The van der Waals surface area contributed by atoms with Crippen molar-refractivity contribution in [1.82, 2.24) is 10.2 Å². The zero-order valence-electron chi connectivity index (χ0n) is 10.6. The second-order valence-corrected chi connectivity index (χ2v) is 6.75. The van der Waals surface area contributed by atoms with Crippen LogP contribution >= 0.6 is 28.6 Å². The molecule has 5 heteroatoms. The molecule has 3 heterocycles. The number of thiol groups is 1. The summed E-state index contributed by atoms with van der Waals surface area (Å²) in [6, 6.07) is 5.85. The highest BCUT2D eigenvalue weighted by molar-refractivity contribution is 9.10. The number of nitrogens with zero attached hydrogens (tertiary/aromatic N) is 1. The Bertz CT molecular complexity index is 500. The minimum Gasteiger partial charge on any atom is -0.348 e. The molecule has 3 aliphatic heterocycles. The van der Waals surface area contributed by atoms with Gasteiger partial charge < -0.3 is 10.2 Å². The molecule has 1 aromatic rings. The van der Waals surface area contributed by atoms with Crippen LogP contribution in [0.2, 0.25) is 0 Å². The maximum Gasteiger partial charge on any atom is 0.252 e. The molecule has 0 aromatic heterocycles. The molecule has 102 valence electrons. The lowest BCUT2D eigenvalue weighted by Crippen LogP contribution is -2.57. The van der Waals surface area contributed by atoms with E-state index in [1.165, 1.54) is 25.9 Å². The number of fused-ring (bicyclic) bond motifs is 3.